The van der Waals surface area contributed by atoms with Gasteiger partial charge < -0.3 is 14.5 Å². The van der Waals surface area contributed by atoms with E-state index in [9.17, 15) is 32.5 Å². The van der Waals surface area contributed by atoms with Crippen LogP contribution in [0.2, 0.25) is 5.02 Å². The number of amides is 1. The van der Waals surface area contributed by atoms with E-state index in [4.69, 9.17) is 28.6 Å². The predicted octanol–water partition coefficient (Wildman–Crippen LogP) is 3.65. The Hall–Kier alpha value is -3.19. The molecule has 176 valence electrons. The van der Waals surface area contributed by atoms with Crippen LogP contribution in [0.4, 0.5) is 28.9 Å². The van der Waals surface area contributed by atoms with Crippen LogP contribution in [0.3, 0.4) is 0 Å². The number of halogens is 5. The van der Waals surface area contributed by atoms with Crippen molar-refractivity contribution < 1.29 is 32.0 Å². The molecule has 2 aromatic rings. The molecule has 1 heterocycles. The van der Waals surface area contributed by atoms with Gasteiger partial charge in [0, 0.05) is 37.8 Å². The highest BCUT2D eigenvalue weighted by Gasteiger charge is 2.30. The van der Waals surface area contributed by atoms with Crippen molar-refractivity contribution in [3.63, 3.8) is 0 Å². The molecule has 0 atom stereocenters. The largest absolute Gasteiger partial charge is 0.490 e. The van der Waals surface area contributed by atoms with E-state index < -0.39 is 50.5 Å². The first kappa shape index (κ1) is 24.5. The van der Waals surface area contributed by atoms with E-state index in [1.807, 2.05) is 0 Å². The van der Waals surface area contributed by atoms with Gasteiger partial charge in [-0.15, -0.1) is 0 Å². The van der Waals surface area contributed by atoms with Crippen molar-refractivity contribution in [2.45, 2.75) is 0 Å². The van der Waals surface area contributed by atoms with Gasteiger partial charge in [-0.3, -0.25) is 20.2 Å². The molecule has 0 saturated carbocycles. The van der Waals surface area contributed by atoms with Gasteiger partial charge in [0.2, 0.25) is 0 Å². The summed E-state index contributed by atoms with van der Waals surface area (Å²) in [6.07, 6.45) is 0. The van der Waals surface area contributed by atoms with Gasteiger partial charge >= 0.3 is 5.69 Å². The minimum atomic E-state index is -1.69. The van der Waals surface area contributed by atoms with Gasteiger partial charge in [0.1, 0.15) is 10.7 Å². The van der Waals surface area contributed by atoms with Crippen LogP contribution in [0.5, 0.6) is 5.75 Å². The highest BCUT2D eigenvalue weighted by molar-refractivity contribution is 7.80. The number of methoxy groups -OCH3 is 1. The number of nitro benzene ring substituents is 1. The number of ether oxygens (including phenoxy) is 1. The molecular weight excluding hydrogens is 492 g/mol. The van der Waals surface area contributed by atoms with Gasteiger partial charge in [-0.25, -0.2) is 17.6 Å². The third kappa shape index (κ3) is 4.78. The molecule has 0 unspecified atom stereocenters. The summed E-state index contributed by atoms with van der Waals surface area (Å²) in [7, 11) is 1.25. The van der Waals surface area contributed by atoms with E-state index in [0.717, 1.165) is 11.0 Å². The van der Waals surface area contributed by atoms with Crippen LogP contribution >= 0.6 is 23.8 Å². The fourth-order valence-corrected chi connectivity index (χ4v) is 3.67. The Labute approximate surface area is 194 Å². The van der Waals surface area contributed by atoms with E-state index >= 15 is 0 Å². The number of nitrogens with one attached hydrogen (secondary N) is 1. The molecule has 0 radical (unpaired) electrons. The Balaban J connectivity index is 1.68. The molecule has 33 heavy (non-hydrogen) atoms. The third-order valence-electron chi connectivity index (χ3n) is 4.93. The number of rotatable bonds is 4. The number of carbonyl (C=O) groups excluding carboxylic acids is 1. The van der Waals surface area contributed by atoms with Crippen LogP contribution in [-0.4, -0.2) is 54.1 Å². The number of hydrogen-bond acceptors (Lipinski definition) is 6. The zero-order valence-electron chi connectivity index (χ0n) is 16.8. The molecule has 8 nitrogen and oxygen atoms in total. The normalized spacial score (nSPS) is 13.6. The van der Waals surface area contributed by atoms with Crippen molar-refractivity contribution in [2.75, 3.05) is 38.2 Å². The number of carbonyl (C=O) groups is 1. The minimum Gasteiger partial charge on any atom is -0.490 e. The SMILES string of the molecule is COc1ccc(C(=O)NC(=S)N2CCN(c3c(F)c(F)c(Cl)c(F)c3F)CC2)cc1[N+](=O)[O-]. The molecule has 14 heteroatoms. The maximum absolute atomic E-state index is 14.2. The van der Waals surface area contributed by atoms with E-state index in [1.165, 1.54) is 24.1 Å². The number of hydrogen-bond donors (Lipinski definition) is 1. The van der Waals surface area contributed by atoms with E-state index in [1.54, 1.807) is 0 Å². The number of benzene rings is 2. The summed E-state index contributed by atoms with van der Waals surface area (Å²) in [5.41, 5.74) is -1.33. The Kier molecular flexibility index (Phi) is 7.22. The quantitative estimate of drug-likeness (QED) is 0.169. The number of nitro groups is 1. The number of piperazine rings is 1. The van der Waals surface area contributed by atoms with Crippen molar-refractivity contribution in [3.05, 3.63) is 62.2 Å². The molecule has 3 rings (SSSR count). The Morgan fingerprint density at radius 3 is 2.21 bits per heavy atom. The molecule has 1 aliphatic heterocycles. The lowest BCUT2D eigenvalue weighted by Crippen LogP contribution is -2.53. The van der Waals surface area contributed by atoms with Crippen molar-refractivity contribution >= 4 is 46.2 Å². The summed E-state index contributed by atoms with van der Waals surface area (Å²) in [6, 6.07) is 3.61. The molecular formula is C19H15ClF4N4O4S. The van der Waals surface area contributed by atoms with Crippen LogP contribution in [0, 0.1) is 33.4 Å². The summed E-state index contributed by atoms with van der Waals surface area (Å²) in [4.78, 5) is 25.5. The van der Waals surface area contributed by atoms with Crippen molar-refractivity contribution in [2.24, 2.45) is 0 Å². The maximum atomic E-state index is 14.2. The van der Waals surface area contributed by atoms with Crippen molar-refractivity contribution in [1.29, 1.82) is 0 Å². The van der Waals surface area contributed by atoms with Crippen LogP contribution < -0.4 is 15.0 Å². The molecule has 1 aliphatic rings. The standard InChI is InChI=1S/C19H15ClF4N4O4S/c1-32-11-3-2-9(8-10(11)28(30)31)18(29)25-19(33)27-6-4-26(5-7-27)17-15(23)13(21)12(20)14(22)16(17)24/h2-3,8H,4-7H2,1H3,(H,25,29,33). The van der Waals surface area contributed by atoms with Crippen LogP contribution in [0.25, 0.3) is 0 Å². The van der Waals surface area contributed by atoms with Gasteiger partial charge in [-0.05, 0) is 24.4 Å². The van der Waals surface area contributed by atoms with Gasteiger partial charge in [-0.1, -0.05) is 11.6 Å². The zero-order chi connectivity index (χ0) is 24.4. The van der Waals surface area contributed by atoms with E-state index in [0.29, 0.717) is 0 Å². The minimum absolute atomic E-state index is 0.0233. The average Bonchev–Trinajstić information content (AvgIpc) is 2.81. The summed E-state index contributed by atoms with van der Waals surface area (Å²) >= 11 is 10.4. The molecule has 0 spiro atoms. The first-order valence-electron chi connectivity index (χ1n) is 9.25. The number of anilines is 1. The Morgan fingerprint density at radius 2 is 1.70 bits per heavy atom. The lowest BCUT2D eigenvalue weighted by molar-refractivity contribution is -0.385. The van der Waals surface area contributed by atoms with E-state index in [2.05, 4.69) is 5.32 Å². The number of nitrogens with zero attached hydrogens (tertiary/aromatic N) is 3. The molecule has 0 bridgehead atoms. The second-order valence-corrected chi connectivity index (χ2v) is 7.56. The van der Waals surface area contributed by atoms with Gasteiger partial charge in [0.05, 0.1) is 12.0 Å². The average molecular weight is 507 g/mol. The molecule has 1 saturated heterocycles. The molecule has 1 fully saturated rings. The molecule has 0 aliphatic carbocycles. The van der Waals surface area contributed by atoms with Gasteiger partial charge in [0.15, 0.2) is 34.1 Å². The molecule has 0 aromatic heterocycles. The lowest BCUT2D eigenvalue weighted by Gasteiger charge is -2.37. The van der Waals surface area contributed by atoms with Gasteiger partial charge in [-0.2, -0.15) is 0 Å². The van der Waals surface area contributed by atoms with Crippen molar-refractivity contribution in [1.82, 2.24) is 10.2 Å². The highest BCUT2D eigenvalue weighted by atomic mass is 35.5. The smallest absolute Gasteiger partial charge is 0.311 e. The Morgan fingerprint density at radius 1 is 1.12 bits per heavy atom. The second kappa shape index (κ2) is 9.75. The topological polar surface area (TPSA) is 88.0 Å². The molecule has 1 amide bonds. The lowest BCUT2D eigenvalue weighted by atomic mass is 10.1. The highest BCUT2D eigenvalue weighted by Crippen LogP contribution is 2.34. The molecule has 1 N–H and O–H groups in total. The zero-order valence-corrected chi connectivity index (χ0v) is 18.4. The number of thiocarbonyl (C=S) groups is 1. The first-order valence-corrected chi connectivity index (χ1v) is 10.0. The monoisotopic (exact) mass is 506 g/mol. The third-order valence-corrected chi connectivity index (χ3v) is 5.62. The van der Waals surface area contributed by atoms with Crippen LogP contribution in [0.15, 0.2) is 18.2 Å². The second-order valence-electron chi connectivity index (χ2n) is 6.80. The van der Waals surface area contributed by atoms with Crippen molar-refractivity contribution in [3.8, 4) is 5.75 Å². The first-order chi connectivity index (χ1) is 15.6. The van der Waals surface area contributed by atoms with E-state index in [-0.39, 0.29) is 42.6 Å². The fraction of sp³-hybridized carbons (Fsp3) is 0.263. The maximum Gasteiger partial charge on any atom is 0.311 e. The Bertz CT molecular complexity index is 1120. The summed E-state index contributed by atoms with van der Waals surface area (Å²) < 4.78 is 60.8. The van der Waals surface area contributed by atoms with Crippen LogP contribution in [0.1, 0.15) is 10.4 Å². The molecule has 2 aromatic carbocycles. The summed E-state index contributed by atoms with van der Waals surface area (Å²) in [5.74, 6) is -7.33. The predicted molar refractivity (Wildman–Crippen MR) is 115 cm³/mol. The van der Waals surface area contributed by atoms with Gasteiger partial charge in [0.25, 0.3) is 5.91 Å². The van der Waals surface area contributed by atoms with Crippen LogP contribution in [-0.2, 0) is 0 Å². The summed E-state index contributed by atoms with van der Waals surface area (Å²) in [6.45, 7) is -0.0179. The fourth-order valence-electron chi connectivity index (χ4n) is 3.23. The summed E-state index contributed by atoms with van der Waals surface area (Å²) in [5, 5.41) is 12.2.